The fourth-order valence-corrected chi connectivity index (χ4v) is 6.27. The summed E-state index contributed by atoms with van der Waals surface area (Å²) in [6.45, 7) is 4.81. The van der Waals surface area contributed by atoms with Crippen molar-refractivity contribution >= 4 is 32.7 Å². The first kappa shape index (κ1) is 23.6. The lowest BCUT2D eigenvalue weighted by Crippen LogP contribution is -2.40. The van der Waals surface area contributed by atoms with Crippen molar-refractivity contribution in [3.05, 3.63) is 87.0 Å². The van der Waals surface area contributed by atoms with Gasteiger partial charge in [-0.25, -0.2) is 8.42 Å². The molecule has 1 atom stereocenters. The molecule has 0 bridgehead atoms. The number of carbonyl (C=O) groups excluding carboxylic acids is 1. The zero-order valence-corrected chi connectivity index (χ0v) is 20.9. The van der Waals surface area contributed by atoms with E-state index in [4.69, 9.17) is 13.7 Å². The Morgan fingerprint density at radius 3 is 2.38 bits per heavy atom. The Bertz CT molecular complexity index is 1700. The number of ether oxygens (including phenoxy) is 1. The first-order valence-electron chi connectivity index (χ1n) is 11.8. The number of hydrogen-bond donors (Lipinski definition) is 0. The molecule has 0 spiro atoms. The van der Waals surface area contributed by atoms with Crippen LogP contribution in [0.25, 0.3) is 11.0 Å². The van der Waals surface area contributed by atoms with Crippen LogP contribution < -0.4 is 10.3 Å². The van der Waals surface area contributed by atoms with Crippen molar-refractivity contribution in [1.82, 2.24) is 9.46 Å². The molecule has 6 rings (SSSR count). The van der Waals surface area contributed by atoms with E-state index in [9.17, 15) is 18.0 Å². The highest BCUT2D eigenvalue weighted by molar-refractivity contribution is 7.89. The van der Waals surface area contributed by atoms with Crippen LogP contribution in [0.1, 0.15) is 39.0 Å². The summed E-state index contributed by atoms with van der Waals surface area (Å²) >= 11 is 0. The first-order chi connectivity index (χ1) is 17.8. The van der Waals surface area contributed by atoms with Crippen molar-refractivity contribution in [2.24, 2.45) is 0 Å². The number of anilines is 1. The predicted octanol–water partition coefficient (Wildman–Crippen LogP) is 3.17. The lowest BCUT2D eigenvalue weighted by molar-refractivity contribution is 0.0730. The molecule has 2 aliphatic heterocycles. The van der Waals surface area contributed by atoms with Crippen molar-refractivity contribution in [3.8, 4) is 0 Å². The normalized spacial score (nSPS) is 18.5. The number of nitrogens with zero attached hydrogens (tertiary/aromatic N) is 3. The third-order valence-electron chi connectivity index (χ3n) is 6.69. The molecule has 0 N–H and O–H groups in total. The zero-order chi connectivity index (χ0) is 25.9. The van der Waals surface area contributed by atoms with Gasteiger partial charge in [-0.15, -0.1) is 0 Å². The molecule has 0 saturated carbocycles. The summed E-state index contributed by atoms with van der Waals surface area (Å²) in [4.78, 5) is 28.8. The Kier molecular flexibility index (Phi) is 5.51. The minimum Gasteiger partial charge on any atom is -0.450 e. The molecule has 10 nitrogen and oxygen atoms in total. The molecule has 37 heavy (non-hydrogen) atoms. The van der Waals surface area contributed by atoms with Gasteiger partial charge in [0.1, 0.15) is 11.3 Å². The van der Waals surface area contributed by atoms with E-state index in [2.05, 4.69) is 5.16 Å². The molecule has 2 aromatic heterocycles. The van der Waals surface area contributed by atoms with Gasteiger partial charge >= 0.3 is 0 Å². The molecule has 1 saturated heterocycles. The summed E-state index contributed by atoms with van der Waals surface area (Å²) < 4.78 is 44.0. The summed E-state index contributed by atoms with van der Waals surface area (Å²) in [5.41, 5.74) is 1.57. The largest absolute Gasteiger partial charge is 0.450 e. The van der Waals surface area contributed by atoms with Crippen LogP contribution in [0, 0.1) is 13.8 Å². The topological polar surface area (TPSA) is 123 Å². The average Bonchev–Trinajstić information content (AvgIpc) is 3.45. The monoisotopic (exact) mass is 521 g/mol. The molecule has 4 heterocycles. The quantitative estimate of drug-likeness (QED) is 0.401. The SMILES string of the molecule is Cc1ccc2oc3c(c(=O)c2c1)C(c1ccc(S(=O)(=O)N2CCOCC2)cc1)N(c1cc(C)on1)C3=O. The van der Waals surface area contributed by atoms with Gasteiger partial charge in [0.2, 0.25) is 15.8 Å². The number of hydrogen-bond acceptors (Lipinski definition) is 8. The molecule has 1 fully saturated rings. The number of morpholine rings is 1. The Balaban J connectivity index is 1.50. The molecule has 0 aliphatic carbocycles. The highest BCUT2D eigenvalue weighted by atomic mass is 32.2. The van der Waals surface area contributed by atoms with Gasteiger partial charge in [0.15, 0.2) is 11.2 Å². The maximum absolute atomic E-state index is 13.7. The number of rotatable bonds is 4. The predicted molar refractivity (Wildman–Crippen MR) is 133 cm³/mol. The lowest BCUT2D eigenvalue weighted by atomic mass is 9.98. The first-order valence-corrected chi connectivity index (χ1v) is 13.2. The van der Waals surface area contributed by atoms with E-state index in [0.29, 0.717) is 35.5 Å². The molecule has 1 unspecified atom stereocenters. The van der Waals surface area contributed by atoms with Crippen molar-refractivity contribution < 1.29 is 26.9 Å². The van der Waals surface area contributed by atoms with Crippen LogP contribution >= 0.6 is 0 Å². The molecular formula is C26H23N3O7S. The summed E-state index contributed by atoms with van der Waals surface area (Å²) in [5.74, 6) is 0.114. The van der Waals surface area contributed by atoms with Gasteiger partial charge in [-0.1, -0.05) is 28.9 Å². The van der Waals surface area contributed by atoms with Crippen molar-refractivity contribution in [3.63, 3.8) is 0 Å². The van der Waals surface area contributed by atoms with Crippen LogP contribution in [0.15, 0.2) is 67.2 Å². The lowest BCUT2D eigenvalue weighted by Gasteiger charge is -2.26. The van der Waals surface area contributed by atoms with E-state index in [1.807, 2.05) is 6.92 Å². The van der Waals surface area contributed by atoms with Gasteiger partial charge in [0, 0.05) is 19.2 Å². The maximum atomic E-state index is 13.7. The van der Waals surface area contributed by atoms with E-state index in [1.54, 1.807) is 43.3 Å². The Morgan fingerprint density at radius 1 is 0.973 bits per heavy atom. The highest BCUT2D eigenvalue weighted by Crippen LogP contribution is 2.41. The molecule has 4 aromatic rings. The summed E-state index contributed by atoms with van der Waals surface area (Å²) in [6, 6.07) is 12.1. The number of amides is 1. The zero-order valence-electron chi connectivity index (χ0n) is 20.1. The van der Waals surface area contributed by atoms with E-state index in [-0.39, 0.29) is 40.6 Å². The average molecular weight is 522 g/mol. The highest BCUT2D eigenvalue weighted by Gasteiger charge is 2.45. The second-order valence-corrected chi connectivity index (χ2v) is 11.1. The Hall–Kier alpha value is -3.80. The van der Waals surface area contributed by atoms with Gasteiger partial charge in [-0.2, -0.15) is 4.31 Å². The van der Waals surface area contributed by atoms with Crippen LogP contribution in [-0.4, -0.2) is 50.1 Å². The fourth-order valence-electron chi connectivity index (χ4n) is 4.86. The molecule has 0 radical (unpaired) electrons. The van der Waals surface area contributed by atoms with Gasteiger partial charge in [-0.3, -0.25) is 14.5 Å². The van der Waals surface area contributed by atoms with E-state index < -0.39 is 22.0 Å². The van der Waals surface area contributed by atoms with Crippen LogP contribution in [0.3, 0.4) is 0 Å². The van der Waals surface area contributed by atoms with Crippen molar-refractivity contribution in [1.29, 1.82) is 0 Å². The van der Waals surface area contributed by atoms with Crippen LogP contribution in [-0.2, 0) is 14.8 Å². The van der Waals surface area contributed by atoms with Crippen LogP contribution in [0.5, 0.6) is 0 Å². The maximum Gasteiger partial charge on any atom is 0.296 e. The molecular weight excluding hydrogens is 498 g/mol. The molecule has 1 amide bonds. The Morgan fingerprint density at radius 2 is 1.70 bits per heavy atom. The number of benzene rings is 2. The molecule has 2 aliphatic rings. The third-order valence-corrected chi connectivity index (χ3v) is 8.60. The fraction of sp³-hybridized carbons (Fsp3) is 0.269. The second-order valence-electron chi connectivity index (χ2n) is 9.13. The summed E-state index contributed by atoms with van der Waals surface area (Å²) in [6.07, 6.45) is 0. The third kappa shape index (κ3) is 3.78. The van der Waals surface area contributed by atoms with Crippen molar-refractivity contribution in [2.75, 3.05) is 31.2 Å². The molecule has 2 aromatic carbocycles. The minimum atomic E-state index is -3.71. The number of sulfonamides is 1. The molecule has 11 heteroatoms. The number of fused-ring (bicyclic) bond motifs is 2. The minimum absolute atomic E-state index is 0.0722. The van der Waals surface area contributed by atoms with Crippen molar-refractivity contribution in [2.45, 2.75) is 24.8 Å². The number of carbonyl (C=O) groups is 1. The van der Waals surface area contributed by atoms with Gasteiger partial charge in [0.05, 0.1) is 35.1 Å². The standard InChI is InChI=1S/C26H23N3O7S/c1-15-3-8-20-19(13-15)24(30)22-23(29(26(31)25(22)35-20)21-14-16(2)36-27-21)17-4-6-18(7-5-17)37(32,33)28-9-11-34-12-10-28/h3-8,13-14,23H,9-12H2,1-2H3. The van der Waals surface area contributed by atoms with E-state index >= 15 is 0 Å². The van der Waals surface area contributed by atoms with E-state index in [1.165, 1.54) is 21.3 Å². The van der Waals surface area contributed by atoms with Crippen LogP contribution in [0.4, 0.5) is 5.82 Å². The van der Waals surface area contributed by atoms with Crippen LogP contribution in [0.2, 0.25) is 0 Å². The number of aromatic nitrogens is 1. The Labute approximate surface area is 212 Å². The number of aryl methyl sites for hydroxylation is 2. The second kappa shape index (κ2) is 8.65. The molecule has 190 valence electrons. The smallest absolute Gasteiger partial charge is 0.296 e. The van der Waals surface area contributed by atoms with Gasteiger partial charge in [0.25, 0.3) is 5.91 Å². The van der Waals surface area contributed by atoms with E-state index in [0.717, 1.165) is 5.56 Å². The summed E-state index contributed by atoms with van der Waals surface area (Å²) in [7, 11) is -3.71. The van der Waals surface area contributed by atoms with Gasteiger partial charge in [-0.05, 0) is 43.7 Å². The summed E-state index contributed by atoms with van der Waals surface area (Å²) in [5, 5.41) is 4.37. The van der Waals surface area contributed by atoms with Gasteiger partial charge < -0.3 is 13.7 Å².